The topological polar surface area (TPSA) is 99.1 Å². The lowest BCUT2D eigenvalue weighted by Crippen LogP contribution is -2.23. The van der Waals surface area contributed by atoms with E-state index in [1.165, 1.54) is 41.6 Å². The van der Waals surface area contributed by atoms with Crippen molar-refractivity contribution >= 4 is 11.8 Å². The first-order valence-corrected chi connectivity index (χ1v) is 6.80. The van der Waals surface area contributed by atoms with Crippen LogP contribution in [0.4, 0.5) is 0 Å². The monoisotopic (exact) mass is 289 g/mol. The first kappa shape index (κ1) is 14.0. The Labute approximate surface area is 118 Å². The van der Waals surface area contributed by atoms with Gasteiger partial charge in [0, 0.05) is 12.6 Å². The second kappa shape index (κ2) is 5.27. The molecule has 0 fully saturated rings. The van der Waals surface area contributed by atoms with Gasteiger partial charge >= 0.3 is 0 Å². The smallest absolute Gasteiger partial charge is 0.272 e. The molecule has 1 heterocycles. The van der Waals surface area contributed by atoms with E-state index >= 15 is 0 Å². The van der Waals surface area contributed by atoms with Gasteiger partial charge in [0.25, 0.3) is 5.56 Å². The number of rotatable bonds is 2. The van der Waals surface area contributed by atoms with Crippen molar-refractivity contribution in [2.24, 2.45) is 7.05 Å². The van der Waals surface area contributed by atoms with Crippen LogP contribution in [-0.2, 0) is 7.05 Å². The highest BCUT2D eigenvalue weighted by molar-refractivity contribution is 7.98. The molecule has 0 amide bonds. The van der Waals surface area contributed by atoms with Crippen molar-refractivity contribution in [1.82, 2.24) is 9.55 Å². The van der Waals surface area contributed by atoms with Gasteiger partial charge in [-0.25, -0.2) is 4.98 Å². The van der Waals surface area contributed by atoms with Gasteiger partial charge in [-0.3, -0.25) is 9.36 Å². The number of aromatic hydroxyl groups is 2. The zero-order valence-electron chi connectivity index (χ0n) is 10.8. The molecule has 0 saturated heterocycles. The molecule has 0 aliphatic carbocycles. The second-order valence-corrected chi connectivity index (χ2v) is 4.74. The van der Waals surface area contributed by atoms with E-state index in [0.29, 0.717) is 5.16 Å². The average molecular weight is 289 g/mol. The van der Waals surface area contributed by atoms with Crippen LogP contribution < -0.4 is 5.56 Å². The van der Waals surface area contributed by atoms with E-state index in [-0.39, 0.29) is 22.6 Å². The summed E-state index contributed by atoms with van der Waals surface area (Å²) in [7, 11) is 1.52. The van der Waals surface area contributed by atoms with E-state index in [0.717, 1.165) is 0 Å². The molecule has 6 nitrogen and oxygen atoms in total. The van der Waals surface area contributed by atoms with Gasteiger partial charge in [-0.2, -0.15) is 5.26 Å². The van der Waals surface area contributed by atoms with Crippen LogP contribution in [0.3, 0.4) is 0 Å². The molecule has 0 radical (unpaired) electrons. The zero-order valence-corrected chi connectivity index (χ0v) is 11.6. The SMILES string of the molecule is CSc1nc(-c2cccc(O)c2O)c(C#N)c(=O)n1C. The normalized spacial score (nSPS) is 10.2. The summed E-state index contributed by atoms with van der Waals surface area (Å²) >= 11 is 1.25. The Morgan fingerprint density at radius 1 is 1.40 bits per heavy atom. The minimum absolute atomic E-state index is 0.0633. The van der Waals surface area contributed by atoms with Gasteiger partial charge in [0.05, 0.1) is 0 Å². The van der Waals surface area contributed by atoms with E-state index < -0.39 is 11.3 Å². The van der Waals surface area contributed by atoms with Crippen LogP contribution in [0.25, 0.3) is 11.3 Å². The van der Waals surface area contributed by atoms with Crippen molar-refractivity contribution in [3.63, 3.8) is 0 Å². The molecule has 0 atom stereocenters. The summed E-state index contributed by atoms with van der Waals surface area (Å²) in [5, 5.41) is 29.0. The number of hydrogen-bond acceptors (Lipinski definition) is 6. The molecule has 0 bridgehead atoms. The Morgan fingerprint density at radius 3 is 2.70 bits per heavy atom. The van der Waals surface area contributed by atoms with Crippen LogP contribution >= 0.6 is 11.8 Å². The van der Waals surface area contributed by atoms with Gasteiger partial charge in [0.15, 0.2) is 16.7 Å². The van der Waals surface area contributed by atoms with Crippen LogP contribution in [0.2, 0.25) is 0 Å². The summed E-state index contributed by atoms with van der Waals surface area (Å²) < 4.78 is 1.27. The zero-order chi connectivity index (χ0) is 14.9. The molecule has 20 heavy (non-hydrogen) atoms. The molecule has 0 unspecified atom stereocenters. The number of nitriles is 1. The third-order valence-corrected chi connectivity index (χ3v) is 3.54. The maximum Gasteiger partial charge on any atom is 0.272 e. The lowest BCUT2D eigenvalue weighted by molar-refractivity contribution is 0.405. The third kappa shape index (κ3) is 2.10. The predicted octanol–water partition coefficient (Wildman–Crippen LogP) is 1.45. The molecule has 1 aromatic heterocycles. The lowest BCUT2D eigenvalue weighted by Gasteiger charge is -2.11. The molecular weight excluding hydrogens is 278 g/mol. The summed E-state index contributed by atoms with van der Waals surface area (Å²) in [6.07, 6.45) is 1.75. The molecule has 1 aromatic carbocycles. The van der Waals surface area contributed by atoms with E-state index in [1.54, 1.807) is 12.3 Å². The van der Waals surface area contributed by atoms with Crippen LogP contribution in [-0.4, -0.2) is 26.0 Å². The Bertz CT molecular complexity index is 778. The molecule has 0 aliphatic rings. The van der Waals surface area contributed by atoms with Crippen molar-refractivity contribution in [3.8, 4) is 28.8 Å². The molecule has 0 aliphatic heterocycles. The number of benzene rings is 1. The van der Waals surface area contributed by atoms with Crippen molar-refractivity contribution in [2.45, 2.75) is 5.16 Å². The highest BCUT2D eigenvalue weighted by atomic mass is 32.2. The highest BCUT2D eigenvalue weighted by Gasteiger charge is 2.19. The number of hydrogen-bond donors (Lipinski definition) is 2. The van der Waals surface area contributed by atoms with Gasteiger partial charge in [0.2, 0.25) is 0 Å². The van der Waals surface area contributed by atoms with E-state index in [9.17, 15) is 15.0 Å². The van der Waals surface area contributed by atoms with E-state index in [2.05, 4.69) is 4.98 Å². The average Bonchev–Trinajstić information content (AvgIpc) is 2.45. The molecule has 102 valence electrons. The fourth-order valence-electron chi connectivity index (χ4n) is 1.78. The van der Waals surface area contributed by atoms with Crippen molar-refractivity contribution < 1.29 is 10.2 Å². The maximum absolute atomic E-state index is 12.1. The van der Waals surface area contributed by atoms with Crippen molar-refractivity contribution in [3.05, 3.63) is 34.1 Å². The van der Waals surface area contributed by atoms with Gasteiger partial charge < -0.3 is 10.2 Å². The summed E-state index contributed by atoms with van der Waals surface area (Å²) in [5.74, 6) is -0.739. The number of phenols is 2. The minimum Gasteiger partial charge on any atom is -0.504 e. The van der Waals surface area contributed by atoms with Crippen LogP contribution in [0.5, 0.6) is 11.5 Å². The van der Waals surface area contributed by atoms with Crippen molar-refractivity contribution in [1.29, 1.82) is 5.26 Å². The van der Waals surface area contributed by atoms with Gasteiger partial charge in [-0.05, 0) is 18.4 Å². The third-order valence-electron chi connectivity index (χ3n) is 2.81. The molecule has 0 saturated carbocycles. The quantitative estimate of drug-likeness (QED) is 0.493. The van der Waals surface area contributed by atoms with Gasteiger partial charge in [-0.1, -0.05) is 17.8 Å². The first-order valence-electron chi connectivity index (χ1n) is 5.57. The van der Waals surface area contributed by atoms with Gasteiger partial charge in [0.1, 0.15) is 17.3 Å². The largest absolute Gasteiger partial charge is 0.504 e. The molecule has 2 rings (SSSR count). The number of para-hydroxylation sites is 1. The van der Waals surface area contributed by atoms with Gasteiger partial charge in [-0.15, -0.1) is 0 Å². The van der Waals surface area contributed by atoms with Crippen molar-refractivity contribution in [2.75, 3.05) is 6.26 Å². The number of nitrogens with zero attached hydrogens (tertiary/aromatic N) is 3. The Morgan fingerprint density at radius 2 is 2.10 bits per heavy atom. The summed E-state index contributed by atoms with van der Waals surface area (Å²) in [6.45, 7) is 0. The lowest BCUT2D eigenvalue weighted by atomic mass is 10.1. The highest BCUT2D eigenvalue weighted by Crippen LogP contribution is 2.36. The summed E-state index contributed by atoms with van der Waals surface area (Å²) in [4.78, 5) is 16.3. The maximum atomic E-state index is 12.1. The fourth-order valence-corrected chi connectivity index (χ4v) is 2.32. The molecule has 7 heteroatoms. The fraction of sp³-hybridized carbons (Fsp3) is 0.154. The molecule has 2 N–H and O–H groups in total. The van der Waals surface area contributed by atoms with E-state index in [4.69, 9.17) is 5.26 Å². The molecule has 0 spiro atoms. The molecule has 2 aromatic rings. The summed E-state index contributed by atoms with van der Waals surface area (Å²) in [5.41, 5.74) is -0.460. The Hall–Kier alpha value is -2.46. The summed E-state index contributed by atoms with van der Waals surface area (Å²) in [6, 6.07) is 6.10. The van der Waals surface area contributed by atoms with Crippen LogP contribution in [0.15, 0.2) is 28.2 Å². The Balaban J connectivity index is 2.87. The van der Waals surface area contributed by atoms with E-state index in [1.807, 2.05) is 0 Å². The minimum atomic E-state index is -0.496. The number of aromatic nitrogens is 2. The predicted molar refractivity (Wildman–Crippen MR) is 74.7 cm³/mol. The first-order chi connectivity index (χ1) is 9.51. The number of phenolic OH excluding ortho intramolecular Hbond substituents is 2. The molecular formula is C13H11N3O3S. The van der Waals surface area contributed by atoms with Crippen LogP contribution in [0, 0.1) is 11.3 Å². The standard InChI is InChI=1S/C13H11N3O3S/c1-16-12(19)8(6-14)10(15-13(16)20-2)7-4-3-5-9(17)11(7)18/h3-5,17-18H,1-2H3. The number of thioether (sulfide) groups is 1. The van der Waals surface area contributed by atoms with Crippen LogP contribution in [0.1, 0.15) is 5.56 Å². The second-order valence-electron chi connectivity index (χ2n) is 3.97. The Kier molecular flexibility index (Phi) is 3.68.